The van der Waals surface area contributed by atoms with E-state index in [1.807, 2.05) is 0 Å². The van der Waals surface area contributed by atoms with Crippen molar-refractivity contribution in [1.29, 1.82) is 0 Å². The first-order valence-corrected chi connectivity index (χ1v) is 27.8. The molecule has 1 atom stereocenters. The number of unbranched alkanes of at least 4 members (excludes halogenated alkanes) is 36. The van der Waals surface area contributed by atoms with Gasteiger partial charge in [0.25, 0.3) is 0 Å². The maximum atomic E-state index is 12.8. The summed E-state index contributed by atoms with van der Waals surface area (Å²) in [7, 11) is 0. The van der Waals surface area contributed by atoms with Crippen LogP contribution in [0.5, 0.6) is 0 Å². The third-order valence-corrected chi connectivity index (χ3v) is 12.4. The van der Waals surface area contributed by atoms with Crippen molar-refractivity contribution in [3.8, 4) is 0 Å². The number of ether oxygens (including phenoxy) is 3. The highest BCUT2D eigenvalue weighted by Gasteiger charge is 2.19. The Labute approximate surface area is 392 Å². The molecule has 0 bridgehead atoms. The zero-order valence-electron chi connectivity index (χ0n) is 42.4. The van der Waals surface area contributed by atoms with Crippen LogP contribution in [0.25, 0.3) is 0 Å². The molecule has 1 unspecified atom stereocenters. The topological polar surface area (TPSA) is 78.9 Å². The van der Waals surface area contributed by atoms with Gasteiger partial charge < -0.3 is 14.2 Å². The summed E-state index contributed by atoms with van der Waals surface area (Å²) in [6, 6.07) is 0. The molecular formula is C57H106O6. The van der Waals surface area contributed by atoms with Crippen LogP contribution in [0.2, 0.25) is 0 Å². The summed E-state index contributed by atoms with van der Waals surface area (Å²) in [6.07, 6.45) is 60.2. The Morgan fingerprint density at radius 3 is 0.825 bits per heavy atom. The molecule has 0 spiro atoms. The fraction of sp³-hybridized carbons (Fsp3) is 0.877. The summed E-state index contributed by atoms with van der Waals surface area (Å²) in [5.74, 6) is -0.875. The summed E-state index contributed by atoms with van der Waals surface area (Å²) in [4.78, 5) is 38.0. The van der Waals surface area contributed by atoms with E-state index >= 15 is 0 Å². The van der Waals surface area contributed by atoms with Crippen molar-refractivity contribution in [3.05, 3.63) is 24.3 Å². The van der Waals surface area contributed by atoms with E-state index in [0.29, 0.717) is 19.3 Å². The highest BCUT2D eigenvalue weighted by atomic mass is 16.6. The molecule has 0 radical (unpaired) electrons. The second-order valence-corrected chi connectivity index (χ2v) is 18.8. The first-order chi connectivity index (χ1) is 31.0. The number of carbonyl (C=O) groups is 3. The molecule has 0 aromatic heterocycles. The molecule has 0 aliphatic carbocycles. The van der Waals surface area contributed by atoms with Crippen LogP contribution >= 0.6 is 0 Å². The number of hydrogen-bond donors (Lipinski definition) is 0. The Morgan fingerprint density at radius 1 is 0.302 bits per heavy atom. The molecular weight excluding hydrogens is 781 g/mol. The predicted octanol–water partition coefficient (Wildman–Crippen LogP) is 18.3. The molecule has 0 fully saturated rings. The lowest BCUT2D eigenvalue weighted by Crippen LogP contribution is -2.30. The van der Waals surface area contributed by atoms with Gasteiger partial charge in [0, 0.05) is 19.3 Å². The Morgan fingerprint density at radius 2 is 0.524 bits per heavy atom. The minimum absolute atomic E-state index is 0.0731. The fourth-order valence-corrected chi connectivity index (χ4v) is 8.20. The summed E-state index contributed by atoms with van der Waals surface area (Å²) >= 11 is 0. The van der Waals surface area contributed by atoms with Gasteiger partial charge in [0.15, 0.2) is 6.10 Å². The molecule has 0 aliphatic rings. The smallest absolute Gasteiger partial charge is 0.306 e. The van der Waals surface area contributed by atoms with Crippen LogP contribution in [0.4, 0.5) is 0 Å². The summed E-state index contributed by atoms with van der Waals surface area (Å²) < 4.78 is 16.8. The van der Waals surface area contributed by atoms with E-state index in [9.17, 15) is 14.4 Å². The largest absolute Gasteiger partial charge is 0.462 e. The van der Waals surface area contributed by atoms with Crippen molar-refractivity contribution in [2.24, 2.45) is 0 Å². The molecule has 370 valence electrons. The molecule has 0 heterocycles. The van der Waals surface area contributed by atoms with Crippen molar-refractivity contribution in [1.82, 2.24) is 0 Å². The SMILES string of the molecule is CCCCC/C=C\CCCCCCCC(=O)OCC(COC(=O)CCCCCCCCCCCCCCCCCCCCC)OC(=O)CCCCCCC/C=C\CCCCCCC. The van der Waals surface area contributed by atoms with Gasteiger partial charge in [0.05, 0.1) is 0 Å². The van der Waals surface area contributed by atoms with E-state index in [4.69, 9.17) is 14.2 Å². The zero-order chi connectivity index (χ0) is 45.8. The minimum atomic E-state index is -0.774. The second kappa shape index (κ2) is 52.5. The van der Waals surface area contributed by atoms with Gasteiger partial charge in [-0.25, -0.2) is 0 Å². The van der Waals surface area contributed by atoms with Gasteiger partial charge in [0.1, 0.15) is 13.2 Å². The molecule has 6 heteroatoms. The third kappa shape index (κ3) is 50.7. The van der Waals surface area contributed by atoms with Crippen molar-refractivity contribution >= 4 is 17.9 Å². The predicted molar refractivity (Wildman–Crippen MR) is 270 cm³/mol. The monoisotopic (exact) mass is 887 g/mol. The van der Waals surface area contributed by atoms with Crippen LogP contribution in [0.3, 0.4) is 0 Å². The van der Waals surface area contributed by atoms with Crippen LogP contribution in [0.15, 0.2) is 24.3 Å². The lowest BCUT2D eigenvalue weighted by Gasteiger charge is -2.18. The number of hydrogen-bond acceptors (Lipinski definition) is 6. The van der Waals surface area contributed by atoms with Gasteiger partial charge in [-0.15, -0.1) is 0 Å². The van der Waals surface area contributed by atoms with Gasteiger partial charge in [-0.05, 0) is 70.6 Å². The van der Waals surface area contributed by atoms with Crippen LogP contribution in [0.1, 0.15) is 303 Å². The number of allylic oxidation sites excluding steroid dienone is 4. The average Bonchev–Trinajstić information content (AvgIpc) is 3.28. The molecule has 0 saturated carbocycles. The molecule has 6 nitrogen and oxygen atoms in total. The third-order valence-electron chi connectivity index (χ3n) is 12.4. The fourth-order valence-electron chi connectivity index (χ4n) is 8.20. The van der Waals surface area contributed by atoms with Gasteiger partial charge >= 0.3 is 17.9 Å². The van der Waals surface area contributed by atoms with E-state index in [1.54, 1.807) is 0 Å². The standard InChI is InChI=1S/C57H106O6/c1-4-7-10-13-16-19-22-25-27-28-29-30-31-33-35-38-41-44-47-50-56(59)62-53-54(52-61-55(58)49-46-43-40-37-34-24-21-18-15-12-9-6-3)63-57(60)51-48-45-42-39-36-32-26-23-20-17-14-11-8-5-2/h18,21,23,26,54H,4-17,19-20,22,24-25,27-53H2,1-3H3/b21-18-,26-23-. The van der Waals surface area contributed by atoms with E-state index in [-0.39, 0.29) is 31.1 Å². The maximum Gasteiger partial charge on any atom is 0.306 e. The highest BCUT2D eigenvalue weighted by molar-refractivity contribution is 5.71. The van der Waals surface area contributed by atoms with Crippen LogP contribution in [-0.4, -0.2) is 37.2 Å². The number of carbonyl (C=O) groups excluding carboxylic acids is 3. The molecule has 0 rings (SSSR count). The highest BCUT2D eigenvalue weighted by Crippen LogP contribution is 2.16. The van der Waals surface area contributed by atoms with Gasteiger partial charge in [-0.2, -0.15) is 0 Å². The molecule has 0 aromatic carbocycles. The van der Waals surface area contributed by atoms with Gasteiger partial charge in [-0.3, -0.25) is 14.4 Å². The Balaban J connectivity index is 4.30. The first-order valence-electron chi connectivity index (χ1n) is 27.8. The maximum absolute atomic E-state index is 12.8. The molecule has 0 aromatic rings. The number of esters is 3. The van der Waals surface area contributed by atoms with Gasteiger partial charge in [-0.1, -0.05) is 238 Å². The Hall–Kier alpha value is -2.11. The summed E-state index contributed by atoms with van der Waals surface area (Å²) in [6.45, 7) is 6.63. The summed E-state index contributed by atoms with van der Waals surface area (Å²) in [5.41, 5.74) is 0. The van der Waals surface area contributed by atoms with E-state index in [1.165, 1.54) is 193 Å². The zero-order valence-corrected chi connectivity index (χ0v) is 42.4. The van der Waals surface area contributed by atoms with Crippen molar-refractivity contribution in [3.63, 3.8) is 0 Å². The quantitative estimate of drug-likeness (QED) is 0.0262. The van der Waals surface area contributed by atoms with E-state index in [2.05, 4.69) is 45.1 Å². The normalized spacial score (nSPS) is 12.1. The average molecular weight is 887 g/mol. The lowest BCUT2D eigenvalue weighted by molar-refractivity contribution is -0.167. The second-order valence-electron chi connectivity index (χ2n) is 18.8. The molecule has 0 saturated heterocycles. The Kier molecular flexibility index (Phi) is 50.8. The van der Waals surface area contributed by atoms with E-state index in [0.717, 1.165) is 70.6 Å². The van der Waals surface area contributed by atoms with Crippen molar-refractivity contribution < 1.29 is 28.6 Å². The molecule has 0 aliphatic heterocycles. The first kappa shape index (κ1) is 60.9. The van der Waals surface area contributed by atoms with E-state index < -0.39 is 6.10 Å². The minimum Gasteiger partial charge on any atom is -0.462 e. The lowest BCUT2D eigenvalue weighted by atomic mass is 10.0. The van der Waals surface area contributed by atoms with Crippen LogP contribution in [0, 0.1) is 0 Å². The van der Waals surface area contributed by atoms with Gasteiger partial charge in [0.2, 0.25) is 0 Å². The van der Waals surface area contributed by atoms with Crippen molar-refractivity contribution in [2.75, 3.05) is 13.2 Å². The number of rotatable bonds is 51. The summed E-state index contributed by atoms with van der Waals surface area (Å²) in [5, 5.41) is 0. The van der Waals surface area contributed by atoms with Crippen LogP contribution < -0.4 is 0 Å². The molecule has 63 heavy (non-hydrogen) atoms. The molecule has 0 N–H and O–H groups in total. The molecule has 0 amide bonds. The van der Waals surface area contributed by atoms with Crippen LogP contribution in [-0.2, 0) is 28.6 Å². The van der Waals surface area contributed by atoms with Crippen molar-refractivity contribution in [2.45, 2.75) is 309 Å². The Bertz CT molecular complexity index is 1020.